The van der Waals surface area contributed by atoms with Crippen LogP contribution in [0.25, 0.3) is 11.3 Å². The summed E-state index contributed by atoms with van der Waals surface area (Å²) in [5.41, 5.74) is 2.58. The van der Waals surface area contributed by atoms with Gasteiger partial charge in [0.15, 0.2) is 0 Å². The minimum absolute atomic E-state index is 0.116. The predicted octanol–water partition coefficient (Wildman–Crippen LogP) is 2.88. The number of nitrogens with zero attached hydrogens (tertiary/aromatic N) is 3. The molecule has 1 aliphatic heterocycles. The molecule has 6 heteroatoms. The van der Waals surface area contributed by atoms with Crippen molar-refractivity contribution in [3.63, 3.8) is 0 Å². The average molecular weight is 378 g/mol. The zero-order chi connectivity index (χ0) is 19.7. The van der Waals surface area contributed by atoms with Crippen LogP contribution >= 0.6 is 0 Å². The molecule has 28 heavy (non-hydrogen) atoms. The van der Waals surface area contributed by atoms with E-state index in [1.807, 2.05) is 25.1 Å². The number of aliphatic hydroxyl groups is 1. The summed E-state index contributed by atoms with van der Waals surface area (Å²) in [6.45, 7) is 5.32. The first kappa shape index (κ1) is 18.7. The van der Waals surface area contributed by atoms with Crippen LogP contribution in [0.2, 0.25) is 0 Å². The molecule has 2 aromatic heterocycles. The second kappa shape index (κ2) is 7.37. The number of piperidine rings is 1. The Morgan fingerprint density at radius 3 is 2.75 bits per heavy atom. The summed E-state index contributed by atoms with van der Waals surface area (Å²) >= 11 is 0. The lowest BCUT2D eigenvalue weighted by atomic mass is 9.93. The molecule has 0 amide bonds. The van der Waals surface area contributed by atoms with E-state index in [0.29, 0.717) is 31.6 Å². The van der Waals surface area contributed by atoms with Crippen molar-refractivity contribution in [2.75, 3.05) is 6.54 Å². The van der Waals surface area contributed by atoms with Crippen molar-refractivity contribution in [3.05, 3.63) is 76.6 Å². The van der Waals surface area contributed by atoms with Gasteiger partial charge in [0.25, 0.3) is 5.56 Å². The van der Waals surface area contributed by atoms with Crippen molar-refractivity contribution in [3.8, 4) is 11.3 Å². The summed E-state index contributed by atoms with van der Waals surface area (Å²) in [5, 5.41) is 11.6. The normalized spacial score (nSPS) is 23.0. The Labute approximate surface area is 164 Å². The fourth-order valence-corrected chi connectivity index (χ4v) is 4.30. The van der Waals surface area contributed by atoms with E-state index in [-0.39, 0.29) is 11.6 Å². The second-order valence-corrected chi connectivity index (χ2v) is 7.68. The number of hydrogen-bond acceptors (Lipinski definition) is 4. The highest BCUT2D eigenvalue weighted by molar-refractivity contribution is 5.61. The third kappa shape index (κ3) is 3.41. The van der Waals surface area contributed by atoms with Crippen LogP contribution in [0.3, 0.4) is 0 Å². The summed E-state index contributed by atoms with van der Waals surface area (Å²) in [6, 6.07) is 14.4. The van der Waals surface area contributed by atoms with E-state index in [1.165, 1.54) is 0 Å². The molecular weight excluding hydrogens is 352 g/mol. The van der Waals surface area contributed by atoms with Gasteiger partial charge in [-0.2, -0.15) is 0 Å². The molecule has 0 saturated carbocycles. The van der Waals surface area contributed by atoms with Crippen molar-refractivity contribution < 1.29 is 5.11 Å². The molecule has 6 nitrogen and oxygen atoms in total. The summed E-state index contributed by atoms with van der Waals surface area (Å²) in [7, 11) is 0. The van der Waals surface area contributed by atoms with Crippen LogP contribution < -0.4 is 5.56 Å². The van der Waals surface area contributed by atoms with Crippen molar-refractivity contribution in [1.29, 1.82) is 0 Å². The summed E-state index contributed by atoms with van der Waals surface area (Å²) in [4.78, 5) is 21.1. The number of rotatable bonds is 4. The third-order valence-electron chi connectivity index (χ3n) is 5.74. The van der Waals surface area contributed by atoms with Gasteiger partial charge in [-0.05, 0) is 31.5 Å². The van der Waals surface area contributed by atoms with E-state index in [9.17, 15) is 9.90 Å². The minimum atomic E-state index is -0.953. The number of aryl methyl sites for hydroxylation is 1. The molecule has 0 radical (unpaired) electrons. The molecule has 1 fully saturated rings. The van der Waals surface area contributed by atoms with Crippen molar-refractivity contribution >= 4 is 0 Å². The van der Waals surface area contributed by atoms with Gasteiger partial charge in [-0.15, -0.1) is 0 Å². The monoisotopic (exact) mass is 378 g/mol. The van der Waals surface area contributed by atoms with Gasteiger partial charge in [-0.3, -0.25) is 14.7 Å². The molecule has 3 heterocycles. The highest BCUT2D eigenvalue weighted by Crippen LogP contribution is 2.37. The Hall–Kier alpha value is -2.70. The topological polar surface area (TPSA) is 74.2 Å². The summed E-state index contributed by atoms with van der Waals surface area (Å²) in [6.07, 6.45) is 4.34. The van der Waals surface area contributed by atoms with Crippen LogP contribution in [0.5, 0.6) is 0 Å². The van der Waals surface area contributed by atoms with E-state index in [1.54, 1.807) is 12.4 Å². The van der Waals surface area contributed by atoms with Gasteiger partial charge in [0.2, 0.25) is 0 Å². The fourth-order valence-electron chi connectivity index (χ4n) is 4.30. The molecule has 1 saturated heterocycles. The lowest BCUT2D eigenvalue weighted by Gasteiger charge is -2.44. The van der Waals surface area contributed by atoms with E-state index >= 15 is 0 Å². The maximum absolute atomic E-state index is 12.0. The molecule has 4 rings (SSSR count). The standard InChI is InChI=1S/C22H26N4O2/c1-16-8-9-20(18-6-4-3-5-7-18)26(16)22(28)10-13-25(17(2)14-22)15-19-21(27)24-12-11-23-19/h3-9,11-12,17,28H,10,13-15H2,1-2H3,(H,24,27). The Bertz CT molecular complexity index is 1010. The van der Waals surface area contributed by atoms with Gasteiger partial charge in [0, 0.05) is 50.1 Å². The van der Waals surface area contributed by atoms with Crippen molar-refractivity contribution in [1.82, 2.24) is 19.4 Å². The quantitative estimate of drug-likeness (QED) is 0.732. The van der Waals surface area contributed by atoms with Crippen LogP contribution in [-0.4, -0.2) is 37.1 Å². The first-order valence-corrected chi connectivity index (χ1v) is 9.71. The SMILES string of the molecule is Cc1ccc(-c2ccccc2)n1C1(O)CCN(Cc2ncc[nH]c2=O)C(C)C1. The number of hydrogen-bond donors (Lipinski definition) is 2. The van der Waals surface area contributed by atoms with Gasteiger partial charge in [-0.1, -0.05) is 30.3 Å². The van der Waals surface area contributed by atoms with Crippen molar-refractivity contribution in [2.45, 2.75) is 45.0 Å². The number of benzene rings is 1. The molecular formula is C22H26N4O2. The molecule has 0 bridgehead atoms. The van der Waals surface area contributed by atoms with Crippen LogP contribution in [0, 0.1) is 6.92 Å². The fraction of sp³-hybridized carbons (Fsp3) is 0.364. The molecule has 2 atom stereocenters. The second-order valence-electron chi connectivity index (χ2n) is 7.68. The summed E-state index contributed by atoms with van der Waals surface area (Å²) in [5.74, 6) is 0. The van der Waals surface area contributed by atoms with Gasteiger partial charge in [-0.25, -0.2) is 0 Å². The molecule has 0 aliphatic carbocycles. The molecule has 2 N–H and O–H groups in total. The molecule has 3 aromatic rings. The first-order chi connectivity index (χ1) is 13.5. The largest absolute Gasteiger partial charge is 0.370 e. The van der Waals surface area contributed by atoms with Crippen molar-refractivity contribution in [2.24, 2.45) is 0 Å². The Morgan fingerprint density at radius 2 is 2.04 bits per heavy atom. The van der Waals surface area contributed by atoms with Crippen LogP contribution in [0.4, 0.5) is 0 Å². The Kier molecular flexibility index (Phi) is 4.91. The van der Waals surface area contributed by atoms with E-state index in [0.717, 1.165) is 17.0 Å². The van der Waals surface area contributed by atoms with Crippen LogP contribution in [0.15, 0.2) is 59.7 Å². The lowest BCUT2D eigenvalue weighted by molar-refractivity contribution is -0.105. The summed E-state index contributed by atoms with van der Waals surface area (Å²) < 4.78 is 2.07. The first-order valence-electron chi connectivity index (χ1n) is 9.71. The van der Waals surface area contributed by atoms with E-state index in [4.69, 9.17) is 0 Å². The maximum Gasteiger partial charge on any atom is 0.270 e. The van der Waals surface area contributed by atoms with Gasteiger partial charge in [0.05, 0.1) is 5.69 Å². The number of H-pyrrole nitrogens is 1. The van der Waals surface area contributed by atoms with E-state index in [2.05, 4.69) is 50.6 Å². The maximum atomic E-state index is 12.0. The average Bonchev–Trinajstić information content (AvgIpc) is 3.09. The molecule has 0 spiro atoms. The van der Waals surface area contributed by atoms with Crippen LogP contribution in [0.1, 0.15) is 31.2 Å². The molecule has 146 valence electrons. The minimum Gasteiger partial charge on any atom is -0.370 e. The lowest BCUT2D eigenvalue weighted by Crippen LogP contribution is -2.51. The van der Waals surface area contributed by atoms with Gasteiger partial charge < -0.3 is 14.7 Å². The number of aromatic amines is 1. The number of nitrogens with one attached hydrogen (secondary N) is 1. The third-order valence-corrected chi connectivity index (χ3v) is 5.74. The number of likely N-dealkylation sites (tertiary alicyclic amines) is 1. The Morgan fingerprint density at radius 1 is 1.25 bits per heavy atom. The highest BCUT2D eigenvalue weighted by Gasteiger charge is 2.39. The number of aromatic nitrogens is 3. The van der Waals surface area contributed by atoms with Crippen LogP contribution in [-0.2, 0) is 12.3 Å². The molecule has 1 aliphatic rings. The van der Waals surface area contributed by atoms with Gasteiger partial charge in [0.1, 0.15) is 11.4 Å². The zero-order valence-corrected chi connectivity index (χ0v) is 16.3. The van der Waals surface area contributed by atoms with Gasteiger partial charge >= 0.3 is 0 Å². The predicted molar refractivity (Wildman–Crippen MR) is 109 cm³/mol. The molecule has 2 unspecified atom stereocenters. The zero-order valence-electron chi connectivity index (χ0n) is 16.3. The Balaban J connectivity index is 1.59. The molecule has 1 aromatic carbocycles. The smallest absolute Gasteiger partial charge is 0.270 e. The van der Waals surface area contributed by atoms with E-state index < -0.39 is 5.72 Å². The highest BCUT2D eigenvalue weighted by atomic mass is 16.3.